The number of aromatic nitrogens is 2. The zero-order chi connectivity index (χ0) is 15.1. The van der Waals surface area contributed by atoms with Gasteiger partial charge in [-0.2, -0.15) is 4.98 Å². The molecule has 1 aliphatic carbocycles. The van der Waals surface area contributed by atoms with Crippen molar-refractivity contribution in [1.82, 2.24) is 14.9 Å². The summed E-state index contributed by atoms with van der Waals surface area (Å²) in [5, 5.41) is 9.47. The second-order valence-corrected chi connectivity index (χ2v) is 6.99. The number of anilines is 2. The third-order valence-corrected chi connectivity index (χ3v) is 5.37. The molecule has 3 N–H and O–H groups in total. The maximum absolute atomic E-state index is 9.47. The second kappa shape index (κ2) is 5.66. The first-order valence-corrected chi connectivity index (χ1v) is 8.50. The molecule has 0 amide bonds. The van der Waals surface area contributed by atoms with E-state index in [9.17, 15) is 5.11 Å². The molecule has 0 atom stereocenters. The largest absolute Gasteiger partial charge is 0.393 e. The minimum Gasteiger partial charge on any atom is -0.393 e. The Bertz CT molecular complexity index is 533. The number of piperidine rings is 1. The van der Waals surface area contributed by atoms with E-state index in [-0.39, 0.29) is 6.10 Å². The van der Waals surface area contributed by atoms with E-state index in [0.29, 0.717) is 17.9 Å². The lowest BCUT2D eigenvalue weighted by Crippen LogP contribution is -2.60. The Morgan fingerprint density at radius 1 is 1.09 bits per heavy atom. The fourth-order valence-corrected chi connectivity index (χ4v) is 3.83. The van der Waals surface area contributed by atoms with Crippen molar-refractivity contribution in [3.63, 3.8) is 0 Å². The topological polar surface area (TPSA) is 78.5 Å². The zero-order valence-electron chi connectivity index (χ0n) is 13.0. The maximum atomic E-state index is 9.47. The molecule has 3 heterocycles. The normalized spacial score (nSPS) is 30.0. The van der Waals surface area contributed by atoms with Gasteiger partial charge in [0.1, 0.15) is 5.82 Å². The summed E-state index contributed by atoms with van der Waals surface area (Å²) in [6.45, 7) is 4.58. The number of nitrogens with two attached hydrogens (primary N) is 1. The number of aliphatic hydroxyl groups is 1. The van der Waals surface area contributed by atoms with E-state index in [4.69, 9.17) is 5.73 Å². The lowest BCUT2D eigenvalue weighted by Gasteiger charge is -2.47. The average molecular weight is 303 g/mol. The molecule has 2 saturated heterocycles. The monoisotopic (exact) mass is 303 g/mol. The summed E-state index contributed by atoms with van der Waals surface area (Å²) in [5.74, 6) is 1.66. The summed E-state index contributed by atoms with van der Waals surface area (Å²) >= 11 is 0. The number of aliphatic hydroxyl groups excluding tert-OH is 1. The minimum absolute atomic E-state index is 0.169. The van der Waals surface area contributed by atoms with Crippen LogP contribution in [0.2, 0.25) is 0 Å². The Morgan fingerprint density at radius 3 is 2.50 bits per heavy atom. The lowest BCUT2D eigenvalue weighted by molar-refractivity contribution is 0.0732. The predicted octanol–water partition coefficient (Wildman–Crippen LogP) is 0.972. The Hall–Kier alpha value is -1.40. The number of nitrogens with zero attached hydrogens (tertiary/aromatic N) is 4. The van der Waals surface area contributed by atoms with Gasteiger partial charge in [-0.25, -0.2) is 4.98 Å². The maximum Gasteiger partial charge on any atom is 0.222 e. The summed E-state index contributed by atoms with van der Waals surface area (Å²) in [5.41, 5.74) is 6.88. The lowest BCUT2D eigenvalue weighted by atomic mass is 9.80. The van der Waals surface area contributed by atoms with Crippen molar-refractivity contribution in [3.8, 4) is 0 Å². The molecule has 6 heteroatoms. The fourth-order valence-electron chi connectivity index (χ4n) is 3.83. The van der Waals surface area contributed by atoms with Crippen LogP contribution in [-0.4, -0.2) is 58.3 Å². The highest BCUT2D eigenvalue weighted by molar-refractivity contribution is 5.47. The van der Waals surface area contributed by atoms with E-state index in [2.05, 4.69) is 25.8 Å². The van der Waals surface area contributed by atoms with Crippen LogP contribution in [0.25, 0.3) is 0 Å². The van der Waals surface area contributed by atoms with E-state index in [1.54, 1.807) is 0 Å². The van der Waals surface area contributed by atoms with Crippen molar-refractivity contribution in [1.29, 1.82) is 0 Å². The van der Waals surface area contributed by atoms with Crippen molar-refractivity contribution in [2.75, 3.05) is 36.8 Å². The third kappa shape index (κ3) is 2.65. The zero-order valence-corrected chi connectivity index (χ0v) is 13.0. The van der Waals surface area contributed by atoms with Gasteiger partial charge >= 0.3 is 0 Å². The molecule has 0 radical (unpaired) electrons. The Kier molecular flexibility index (Phi) is 3.66. The van der Waals surface area contributed by atoms with Gasteiger partial charge in [-0.3, -0.25) is 4.90 Å². The van der Waals surface area contributed by atoms with Crippen LogP contribution in [0, 0.1) is 0 Å². The SMILES string of the molecule is Nc1nc(C2CC(O)C2)cc(N2CC(N3CCCCC3)C2)n1. The first-order valence-electron chi connectivity index (χ1n) is 8.50. The quantitative estimate of drug-likeness (QED) is 0.866. The molecule has 1 aromatic rings. The van der Waals surface area contributed by atoms with Crippen LogP contribution in [0.5, 0.6) is 0 Å². The molecule has 4 rings (SSSR count). The summed E-state index contributed by atoms with van der Waals surface area (Å²) < 4.78 is 0. The van der Waals surface area contributed by atoms with Gasteiger partial charge in [-0.15, -0.1) is 0 Å². The van der Waals surface area contributed by atoms with Crippen LogP contribution in [0.1, 0.15) is 43.7 Å². The van der Waals surface area contributed by atoms with Gasteiger partial charge < -0.3 is 15.7 Å². The predicted molar refractivity (Wildman–Crippen MR) is 85.9 cm³/mol. The van der Waals surface area contributed by atoms with Gasteiger partial charge in [-0.05, 0) is 38.8 Å². The third-order valence-electron chi connectivity index (χ3n) is 5.37. The first kappa shape index (κ1) is 14.2. The van der Waals surface area contributed by atoms with Crippen molar-refractivity contribution in [3.05, 3.63) is 11.8 Å². The molecule has 120 valence electrons. The Morgan fingerprint density at radius 2 is 1.82 bits per heavy atom. The number of hydrogen-bond acceptors (Lipinski definition) is 6. The van der Waals surface area contributed by atoms with E-state index in [1.165, 1.54) is 32.4 Å². The van der Waals surface area contributed by atoms with Crippen molar-refractivity contribution in [2.24, 2.45) is 0 Å². The molecule has 0 bridgehead atoms. The highest BCUT2D eigenvalue weighted by Gasteiger charge is 2.35. The first-order chi connectivity index (χ1) is 10.7. The molecule has 3 aliphatic rings. The highest BCUT2D eigenvalue weighted by Crippen LogP contribution is 2.37. The van der Waals surface area contributed by atoms with Gasteiger partial charge in [0.15, 0.2) is 0 Å². The van der Waals surface area contributed by atoms with Crippen molar-refractivity contribution >= 4 is 11.8 Å². The molecular weight excluding hydrogens is 278 g/mol. The van der Waals surface area contributed by atoms with Crippen LogP contribution < -0.4 is 10.6 Å². The molecule has 1 saturated carbocycles. The molecular formula is C16H25N5O. The number of nitrogen functional groups attached to an aromatic ring is 1. The van der Waals surface area contributed by atoms with Crippen LogP contribution >= 0.6 is 0 Å². The van der Waals surface area contributed by atoms with E-state index >= 15 is 0 Å². The summed E-state index contributed by atoms with van der Waals surface area (Å²) in [7, 11) is 0. The molecule has 0 spiro atoms. The molecule has 3 fully saturated rings. The summed E-state index contributed by atoms with van der Waals surface area (Å²) in [6, 6.07) is 2.74. The molecule has 2 aliphatic heterocycles. The van der Waals surface area contributed by atoms with E-state index in [0.717, 1.165) is 37.4 Å². The fraction of sp³-hybridized carbons (Fsp3) is 0.750. The van der Waals surface area contributed by atoms with Gasteiger partial charge in [-0.1, -0.05) is 6.42 Å². The second-order valence-electron chi connectivity index (χ2n) is 6.99. The van der Waals surface area contributed by atoms with Crippen LogP contribution in [0.3, 0.4) is 0 Å². The molecule has 0 aromatic carbocycles. The molecule has 22 heavy (non-hydrogen) atoms. The van der Waals surface area contributed by atoms with Crippen LogP contribution in [0.15, 0.2) is 6.07 Å². The van der Waals surface area contributed by atoms with E-state index in [1.807, 2.05) is 0 Å². The Labute approximate surface area is 131 Å². The Balaban J connectivity index is 1.41. The summed E-state index contributed by atoms with van der Waals surface area (Å²) in [6.07, 6.45) is 5.48. The summed E-state index contributed by atoms with van der Waals surface area (Å²) in [4.78, 5) is 13.7. The van der Waals surface area contributed by atoms with Crippen molar-refractivity contribution < 1.29 is 5.11 Å². The number of hydrogen-bond donors (Lipinski definition) is 2. The van der Waals surface area contributed by atoms with Gasteiger partial charge in [0.05, 0.1) is 11.8 Å². The number of rotatable bonds is 3. The number of likely N-dealkylation sites (tertiary alicyclic amines) is 1. The average Bonchev–Trinajstić information content (AvgIpc) is 2.43. The smallest absolute Gasteiger partial charge is 0.222 e. The van der Waals surface area contributed by atoms with Crippen LogP contribution in [0.4, 0.5) is 11.8 Å². The van der Waals surface area contributed by atoms with Crippen molar-refractivity contribution in [2.45, 2.75) is 50.2 Å². The molecule has 6 nitrogen and oxygen atoms in total. The van der Waals surface area contributed by atoms with Gasteiger partial charge in [0, 0.05) is 31.1 Å². The van der Waals surface area contributed by atoms with E-state index < -0.39 is 0 Å². The van der Waals surface area contributed by atoms with Gasteiger partial charge in [0.2, 0.25) is 5.95 Å². The molecule has 0 unspecified atom stereocenters. The van der Waals surface area contributed by atoms with Crippen LogP contribution in [-0.2, 0) is 0 Å². The molecule has 1 aromatic heterocycles. The minimum atomic E-state index is -0.169. The standard InChI is InChI=1S/C16H25N5O/c17-16-18-14(11-6-13(22)7-11)8-15(19-16)21-9-12(10-21)20-4-2-1-3-5-20/h8,11-13,22H,1-7,9-10H2,(H2,17,18,19). The highest BCUT2D eigenvalue weighted by atomic mass is 16.3. The van der Waals surface area contributed by atoms with Gasteiger partial charge in [0.25, 0.3) is 0 Å².